The molecule has 1 aromatic rings. The summed E-state index contributed by atoms with van der Waals surface area (Å²) in [7, 11) is 0. The molecule has 0 atom stereocenters. The first-order valence-electron chi connectivity index (χ1n) is 5.69. The molecule has 1 aliphatic carbocycles. The zero-order valence-electron chi connectivity index (χ0n) is 9.36. The van der Waals surface area contributed by atoms with Crippen LogP contribution in [0.15, 0.2) is 12.3 Å². The predicted octanol–water partition coefficient (Wildman–Crippen LogP) is 1.81. The fourth-order valence-electron chi connectivity index (χ4n) is 2.05. The highest BCUT2D eigenvalue weighted by atomic mass is 19.1. The fraction of sp³-hybridized carbons (Fsp3) is 0.500. The van der Waals surface area contributed by atoms with Crippen LogP contribution in [0, 0.1) is 17.1 Å². The van der Waals surface area contributed by atoms with E-state index in [1.807, 2.05) is 0 Å². The maximum absolute atomic E-state index is 13.3. The van der Waals surface area contributed by atoms with Gasteiger partial charge in [0.2, 0.25) is 0 Å². The van der Waals surface area contributed by atoms with E-state index in [0.717, 1.165) is 25.7 Å². The first-order valence-corrected chi connectivity index (χ1v) is 5.69. The normalized spacial score (nSPS) is 24.1. The molecule has 5 heteroatoms. The Labute approximate surface area is 99.1 Å². The van der Waals surface area contributed by atoms with E-state index in [1.54, 1.807) is 6.07 Å². The van der Waals surface area contributed by atoms with E-state index >= 15 is 0 Å². The van der Waals surface area contributed by atoms with Crippen molar-refractivity contribution in [3.63, 3.8) is 0 Å². The lowest BCUT2D eigenvalue weighted by atomic mass is 9.93. The second-order valence-electron chi connectivity index (χ2n) is 4.32. The van der Waals surface area contributed by atoms with Gasteiger partial charge >= 0.3 is 0 Å². The minimum absolute atomic E-state index is 0.186. The Morgan fingerprint density at radius 2 is 2.12 bits per heavy atom. The van der Waals surface area contributed by atoms with E-state index in [-0.39, 0.29) is 17.8 Å². The van der Waals surface area contributed by atoms with Gasteiger partial charge in [-0.05, 0) is 25.7 Å². The van der Waals surface area contributed by atoms with Crippen molar-refractivity contribution in [3.8, 4) is 6.07 Å². The van der Waals surface area contributed by atoms with E-state index < -0.39 is 5.82 Å². The Morgan fingerprint density at radius 1 is 1.41 bits per heavy atom. The molecule has 90 valence electrons. The number of anilines is 1. The number of rotatable bonds is 2. The van der Waals surface area contributed by atoms with Gasteiger partial charge < -0.3 is 10.4 Å². The minimum Gasteiger partial charge on any atom is -0.393 e. The maximum atomic E-state index is 13.3. The van der Waals surface area contributed by atoms with Crippen LogP contribution >= 0.6 is 0 Å². The summed E-state index contributed by atoms with van der Waals surface area (Å²) in [6, 6.07) is 3.22. The van der Waals surface area contributed by atoms with Crippen molar-refractivity contribution in [2.45, 2.75) is 37.8 Å². The Morgan fingerprint density at radius 3 is 2.71 bits per heavy atom. The summed E-state index contributed by atoms with van der Waals surface area (Å²) in [5.41, 5.74) is 0.400. The standard InChI is InChI=1S/C12H14FN3O/c13-11-5-9(7-15-12(11)6-14)16-8-1-3-10(17)4-2-8/h5,7-8,10,16-17H,1-4H2. The molecule has 1 saturated carbocycles. The molecule has 1 heterocycles. The molecule has 1 aromatic heterocycles. The molecule has 0 aliphatic heterocycles. The molecule has 1 fully saturated rings. The zero-order chi connectivity index (χ0) is 12.3. The van der Waals surface area contributed by atoms with Crippen LogP contribution in [0.2, 0.25) is 0 Å². The molecule has 0 aromatic carbocycles. The van der Waals surface area contributed by atoms with E-state index in [1.165, 1.54) is 12.3 Å². The minimum atomic E-state index is -0.603. The molecule has 17 heavy (non-hydrogen) atoms. The average Bonchev–Trinajstić information content (AvgIpc) is 2.32. The number of hydrogen-bond acceptors (Lipinski definition) is 4. The highest BCUT2D eigenvalue weighted by molar-refractivity contribution is 5.44. The van der Waals surface area contributed by atoms with E-state index in [4.69, 9.17) is 5.26 Å². The molecule has 1 aliphatic rings. The molecule has 2 N–H and O–H groups in total. The number of aromatic nitrogens is 1. The SMILES string of the molecule is N#Cc1ncc(NC2CCC(O)CC2)cc1F. The Hall–Kier alpha value is -1.67. The van der Waals surface area contributed by atoms with Crippen molar-refractivity contribution in [1.82, 2.24) is 4.98 Å². The van der Waals surface area contributed by atoms with Crippen LogP contribution in [0.25, 0.3) is 0 Å². The van der Waals surface area contributed by atoms with E-state index in [2.05, 4.69) is 10.3 Å². The summed E-state index contributed by atoms with van der Waals surface area (Å²) in [5, 5.41) is 21.1. The van der Waals surface area contributed by atoms with Gasteiger partial charge in [0.1, 0.15) is 6.07 Å². The van der Waals surface area contributed by atoms with Crippen LogP contribution < -0.4 is 5.32 Å². The molecule has 0 amide bonds. The maximum Gasteiger partial charge on any atom is 0.176 e. The summed E-state index contributed by atoms with van der Waals surface area (Å²) in [6.07, 6.45) is 4.52. The Kier molecular flexibility index (Phi) is 3.55. The average molecular weight is 235 g/mol. The van der Waals surface area contributed by atoms with Gasteiger partial charge in [-0.15, -0.1) is 0 Å². The number of nitrogens with one attached hydrogen (secondary N) is 1. The first kappa shape index (κ1) is 11.8. The molecule has 2 rings (SSSR count). The van der Waals surface area contributed by atoms with Gasteiger partial charge in [-0.25, -0.2) is 9.37 Å². The van der Waals surface area contributed by atoms with Crippen molar-refractivity contribution >= 4 is 5.69 Å². The molecular formula is C12H14FN3O. The molecule has 0 unspecified atom stereocenters. The van der Waals surface area contributed by atoms with Crippen molar-refractivity contribution in [2.75, 3.05) is 5.32 Å². The summed E-state index contributed by atoms with van der Waals surface area (Å²) in [5.74, 6) is -0.603. The second-order valence-corrected chi connectivity index (χ2v) is 4.32. The Balaban J connectivity index is 2.00. The number of hydrogen-bond donors (Lipinski definition) is 2. The molecule has 0 spiro atoms. The third-order valence-corrected chi connectivity index (χ3v) is 3.01. The monoisotopic (exact) mass is 235 g/mol. The Bertz CT molecular complexity index is 436. The van der Waals surface area contributed by atoms with Crippen molar-refractivity contribution in [1.29, 1.82) is 5.26 Å². The second kappa shape index (κ2) is 5.11. The van der Waals surface area contributed by atoms with Gasteiger partial charge in [-0.1, -0.05) is 0 Å². The third-order valence-electron chi connectivity index (χ3n) is 3.01. The molecular weight excluding hydrogens is 221 g/mol. The van der Waals surface area contributed by atoms with Gasteiger partial charge in [0, 0.05) is 12.1 Å². The summed E-state index contributed by atoms with van der Waals surface area (Å²) in [6.45, 7) is 0. The highest BCUT2D eigenvalue weighted by Crippen LogP contribution is 2.22. The molecule has 0 radical (unpaired) electrons. The van der Waals surface area contributed by atoms with Crippen molar-refractivity contribution in [2.24, 2.45) is 0 Å². The zero-order valence-corrected chi connectivity index (χ0v) is 9.36. The summed E-state index contributed by atoms with van der Waals surface area (Å²) >= 11 is 0. The van der Waals surface area contributed by atoms with Gasteiger partial charge in [-0.2, -0.15) is 5.26 Å². The van der Waals surface area contributed by atoms with Gasteiger partial charge in [0.15, 0.2) is 11.5 Å². The quantitative estimate of drug-likeness (QED) is 0.820. The van der Waals surface area contributed by atoms with Crippen LogP contribution in [0.3, 0.4) is 0 Å². The lowest BCUT2D eigenvalue weighted by molar-refractivity contribution is 0.126. The highest BCUT2D eigenvalue weighted by Gasteiger charge is 2.19. The summed E-state index contributed by atoms with van der Waals surface area (Å²) in [4.78, 5) is 3.73. The number of pyridine rings is 1. The van der Waals surface area contributed by atoms with E-state index in [9.17, 15) is 9.50 Å². The van der Waals surface area contributed by atoms with Crippen LogP contribution in [0.1, 0.15) is 31.4 Å². The molecule has 0 saturated heterocycles. The van der Waals surface area contributed by atoms with E-state index in [0.29, 0.717) is 5.69 Å². The van der Waals surface area contributed by atoms with Gasteiger partial charge in [0.05, 0.1) is 18.0 Å². The van der Waals surface area contributed by atoms with Gasteiger partial charge in [0.25, 0.3) is 0 Å². The van der Waals surface area contributed by atoms with Crippen LogP contribution in [0.5, 0.6) is 0 Å². The largest absolute Gasteiger partial charge is 0.393 e. The number of aliphatic hydroxyl groups excluding tert-OH is 1. The predicted molar refractivity (Wildman–Crippen MR) is 60.8 cm³/mol. The van der Waals surface area contributed by atoms with Crippen LogP contribution in [-0.4, -0.2) is 22.2 Å². The number of nitrogens with zero attached hydrogens (tertiary/aromatic N) is 2. The first-order chi connectivity index (χ1) is 8.19. The number of nitriles is 1. The topological polar surface area (TPSA) is 68.9 Å². The fourth-order valence-corrected chi connectivity index (χ4v) is 2.05. The van der Waals surface area contributed by atoms with Crippen LogP contribution in [-0.2, 0) is 0 Å². The third kappa shape index (κ3) is 2.92. The lowest BCUT2D eigenvalue weighted by Crippen LogP contribution is -2.28. The number of aliphatic hydroxyl groups is 1. The smallest absolute Gasteiger partial charge is 0.176 e. The van der Waals surface area contributed by atoms with Crippen molar-refractivity contribution < 1.29 is 9.50 Å². The van der Waals surface area contributed by atoms with Gasteiger partial charge in [-0.3, -0.25) is 0 Å². The molecule has 4 nitrogen and oxygen atoms in total. The van der Waals surface area contributed by atoms with Crippen molar-refractivity contribution in [3.05, 3.63) is 23.8 Å². The van der Waals surface area contributed by atoms with Crippen LogP contribution in [0.4, 0.5) is 10.1 Å². The summed E-state index contributed by atoms with van der Waals surface area (Å²) < 4.78 is 13.3. The number of halogens is 1. The molecule has 0 bridgehead atoms. The lowest BCUT2D eigenvalue weighted by Gasteiger charge is -2.26.